The highest BCUT2D eigenvalue weighted by atomic mass is 32.1. The molecule has 0 aromatic carbocycles. The van der Waals surface area contributed by atoms with Crippen LogP contribution in [0.5, 0.6) is 0 Å². The van der Waals surface area contributed by atoms with Gasteiger partial charge < -0.3 is 10.4 Å². The summed E-state index contributed by atoms with van der Waals surface area (Å²) in [5, 5.41) is 13.7. The van der Waals surface area contributed by atoms with Crippen LogP contribution in [0.25, 0.3) is 10.6 Å². The van der Waals surface area contributed by atoms with Crippen molar-refractivity contribution in [1.82, 2.24) is 15.3 Å². The fourth-order valence-electron chi connectivity index (χ4n) is 1.55. The number of pyridine rings is 1. The number of hydrogen-bond donors (Lipinski definition) is 2. The smallest absolute Gasteiger partial charge is 0.305 e. The highest BCUT2D eigenvalue weighted by molar-refractivity contribution is 7.13. The van der Waals surface area contributed by atoms with Crippen molar-refractivity contribution < 1.29 is 14.7 Å². The molecular formula is C13H13N3O3S. The third-order valence-corrected chi connectivity index (χ3v) is 3.40. The lowest BCUT2D eigenvalue weighted by Crippen LogP contribution is -2.27. The molecule has 0 unspecified atom stereocenters. The van der Waals surface area contributed by atoms with Gasteiger partial charge in [0.25, 0.3) is 0 Å². The van der Waals surface area contributed by atoms with E-state index in [1.165, 1.54) is 11.3 Å². The Bertz CT molecular complexity index is 598. The number of carboxylic acids is 1. The summed E-state index contributed by atoms with van der Waals surface area (Å²) in [5.74, 6) is -1.16. The Morgan fingerprint density at radius 2 is 2.25 bits per heavy atom. The number of hydrogen-bond acceptors (Lipinski definition) is 5. The van der Waals surface area contributed by atoms with Gasteiger partial charge in [0.05, 0.1) is 18.5 Å². The molecule has 0 bridgehead atoms. The minimum Gasteiger partial charge on any atom is -0.481 e. The van der Waals surface area contributed by atoms with Gasteiger partial charge in [-0.2, -0.15) is 0 Å². The van der Waals surface area contributed by atoms with Crippen LogP contribution in [0.1, 0.15) is 12.1 Å². The van der Waals surface area contributed by atoms with Crippen LogP contribution in [-0.4, -0.2) is 33.5 Å². The molecule has 0 radical (unpaired) electrons. The van der Waals surface area contributed by atoms with E-state index in [-0.39, 0.29) is 25.3 Å². The van der Waals surface area contributed by atoms with Gasteiger partial charge in [-0.3, -0.25) is 14.6 Å². The summed E-state index contributed by atoms with van der Waals surface area (Å²) in [6.45, 7) is 0.133. The second-order valence-corrected chi connectivity index (χ2v) is 4.91. The van der Waals surface area contributed by atoms with E-state index < -0.39 is 5.97 Å². The van der Waals surface area contributed by atoms with Crippen molar-refractivity contribution in [3.8, 4) is 10.6 Å². The third-order valence-electron chi connectivity index (χ3n) is 2.46. The average molecular weight is 291 g/mol. The molecule has 0 saturated heterocycles. The maximum atomic E-state index is 11.6. The van der Waals surface area contributed by atoms with Crippen LogP contribution in [0.4, 0.5) is 0 Å². The first kappa shape index (κ1) is 14.1. The van der Waals surface area contributed by atoms with Gasteiger partial charge in [-0.05, 0) is 12.1 Å². The summed E-state index contributed by atoms with van der Waals surface area (Å²) in [4.78, 5) is 30.3. The van der Waals surface area contributed by atoms with Crippen LogP contribution < -0.4 is 5.32 Å². The largest absolute Gasteiger partial charge is 0.481 e. The zero-order valence-electron chi connectivity index (χ0n) is 10.6. The first-order valence-corrected chi connectivity index (χ1v) is 6.86. The molecular weight excluding hydrogens is 278 g/mol. The van der Waals surface area contributed by atoms with Crippen molar-refractivity contribution in [3.63, 3.8) is 0 Å². The Morgan fingerprint density at radius 3 is 2.95 bits per heavy atom. The van der Waals surface area contributed by atoms with E-state index in [0.29, 0.717) is 5.69 Å². The molecule has 0 fully saturated rings. The van der Waals surface area contributed by atoms with Crippen molar-refractivity contribution in [2.45, 2.75) is 12.8 Å². The fourth-order valence-corrected chi connectivity index (χ4v) is 2.36. The van der Waals surface area contributed by atoms with Gasteiger partial charge in [0.1, 0.15) is 5.01 Å². The van der Waals surface area contributed by atoms with Crippen molar-refractivity contribution in [2.24, 2.45) is 0 Å². The minimum atomic E-state index is -0.933. The van der Waals surface area contributed by atoms with Crippen LogP contribution in [0.2, 0.25) is 0 Å². The molecule has 2 rings (SSSR count). The Hall–Kier alpha value is -2.28. The molecule has 0 spiro atoms. The second-order valence-electron chi connectivity index (χ2n) is 4.06. The van der Waals surface area contributed by atoms with Crippen LogP contribution >= 0.6 is 11.3 Å². The number of carbonyl (C=O) groups is 2. The Morgan fingerprint density at radius 1 is 1.40 bits per heavy atom. The van der Waals surface area contributed by atoms with E-state index in [4.69, 9.17) is 5.11 Å². The van der Waals surface area contributed by atoms with E-state index in [1.807, 2.05) is 17.5 Å². The van der Waals surface area contributed by atoms with Gasteiger partial charge in [-0.15, -0.1) is 11.3 Å². The molecule has 2 aromatic heterocycles. The molecule has 20 heavy (non-hydrogen) atoms. The number of carbonyl (C=O) groups excluding carboxylic acids is 1. The summed E-state index contributed by atoms with van der Waals surface area (Å²) < 4.78 is 0. The summed E-state index contributed by atoms with van der Waals surface area (Å²) in [6, 6.07) is 3.73. The summed E-state index contributed by atoms with van der Waals surface area (Å²) in [7, 11) is 0. The predicted octanol–water partition coefficient (Wildman–Crippen LogP) is 1.34. The second kappa shape index (κ2) is 6.76. The van der Waals surface area contributed by atoms with Crippen molar-refractivity contribution in [2.75, 3.05) is 6.54 Å². The highest BCUT2D eigenvalue weighted by Gasteiger charge is 2.09. The number of aliphatic carboxylic acids is 1. The lowest BCUT2D eigenvalue weighted by Gasteiger charge is -2.01. The Balaban J connectivity index is 1.90. The van der Waals surface area contributed by atoms with Gasteiger partial charge in [-0.1, -0.05) is 0 Å². The lowest BCUT2D eigenvalue weighted by atomic mass is 10.3. The molecule has 2 aromatic rings. The molecule has 6 nitrogen and oxygen atoms in total. The van der Waals surface area contributed by atoms with E-state index >= 15 is 0 Å². The predicted molar refractivity (Wildman–Crippen MR) is 74.3 cm³/mol. The minimum absolute atomic E-state index is 0.0796. The maximum Gasteiger partial charge on any atom is 0.305 e. The van der Waals surface area contributed by atoms with Crippen molar-refractivity contribution >= 4 is 23.2 Å². The number of nitrogens with one attached hydrogen (secondary N) is 1. The van der Waals surface area contributed by atoms with E-state index in [9.17, 15) is 9.59 Å². The standard InChI is InChI=1S/C13H13N3O3S/c17-11(15-5-3-12(18)19)6-10-8-20-13(16-10)9-2-1-4-14-7-9/h1-2,4,7-8H,3,5-6H2,(H,15,17)(H,18,19). The normalized spacial score (nSPS) is 10.2. The van der Waals surface area contributed by atoms with E-state index in [1.54, 1.807) is 12.4 Å². The zero-order chi connectivity index (χ0) is 14.4. The maximum absolute atomic E-state index is 11.6. The molecule has 0 aliphatic carbocycles. The monoisotopic (exact) mass is 291 g/mol. The molecule has 0 saturated carbocycles. The lowest BCUT2D eigenvalue weighted by molar-refractivity contribution is -0.136. The zero-order valence-corrected chi connectivity index (χ0v) is 11.4. The SMILES string of the molecule is O=C(O)CCNC(=O)Cc1csc(-c2cccnc2)n1. The number of amides is 1. The van der Waals surface area contributed by atoms with Gasteiger partial charge in [0, 0.05) is 29.9 Å². The number of aromatic nitrogens is 2. The molecule has 7 heteroatoms. The molecule has 2 N–H and O–H groups in total. The first-order valence-electron chi connectivity index (χ1n) is 5.98. The summed E-state index contributed by atoms with van der Waals surface area (Å²) >= 11 is 1.45. The van der Waals surface area contributed by atoms with E-state index in [0.717, 1.165) is 10.6 Å². The third kappa shape index (κ3) is 4.13. The first-order chi connectivity index (χ1) is 9.65. The number of nitrogens with zero attached hydrogens (tertiary/aromatic N) is 2. The number of thiazole rings is 1. The van der Waals surface area contributed by atoms with Crippen LogP contribution in [-0.2, 0) is 16.0 Å². The van der Waals surface area contributed by atoms with Gasteiger partial charge in [0.15, 0.2) is 0 Å². The summed E-state index contributed by atoms with van der Waals surface area (Å²) in [5.41, 5.74) is 1.58. The Kier molecular flexibility index (Phi) is 4.78. The molecule has 0 aliphatic heterocycles. The number of carboxylic acid groups (broad SMARTS) is 1. The van der Waals surface area contributed by atoms with Crippen molar-refractivity contribution in [1.29, 1.82) is 0 Å². The van der Waals surface area contributed by atoms with Crippen LogP contribution in [0.15, 0.2) is 29.9 Å². The van der Waals surface area contributed by atoms with Crippen LogP contribution in [0, 0.1) is 0 Å². The van der Waals surface area contributed by atoms with Crippen LogP contribution in [0.3, 0.4) is 0 Å². The molecule has 0 atom stereocenters. The van der Waals surface area contributed by atoms with E-state index in [2.05, 4.69) is 15.3 Å². The molecule has 1 amide bonds. The average Bonchev–Trinajstić information content (AvgIpc) is 2.88. The van der Waals surface area contributed by atoms with Gasteiger partial charge >= 0.3 is 5.97 Å². The van der Waals surface area contributed by atoms with Crippen molar-refractivity contribution in [3.05, 3.63) is 35.6 Å². The topological polar surface area (TPSA) is 92.2 Å². The quantitative estimate of drug-likeness (QED) is 0.838. The molecule has 2 heterocycles. The fraction of sp³-hybridized carbons (Fsp3) is 0.231. The summed E-state index contributed by atoms with van der Waals surface area (Å²) in [6.07, 6.45) is 3.48. The molecule has 0 aliphatic rings. The van der Waals surface area contributed by atoms with Gasteiger partial charge in [0.2, 0.25) is 5.91 Å². The Labute approximate surface area is 119 Å². The molecule has 104 valence electrons. The highest BCUT2D eigenvalue weighted by Crippen LogP contribution is 2.22. The number of rotatable bonds is 6. The van der Waals surface area contributed by atoms with Gasteiger partial charge in [-0.25, -0.2) is 4.98 Å².